The lowest BCUT2D eigenvalue weighted by Crippen LogP contribution is -2.63. The first-order chi connectivity index (χ1) is 17.2. The Morgan fingerprint density at radius 2 is 1.81 bits per heavy atom. The standard InChI is InChI=1S/C25H26F4N4O2S/c26-18-5-6-20-19(14-18)17(15-32-20)7-10-31-23(35)24(8-11-30-12-9-24)33-22(34)13-16-3-1-2-4-21(16)36-25(27,28)29/h1-6,14-15,30,32H,7-13H2,(H,31,35)(H,33,34). The van der Waals surface area contributed by atoms with E-state index in [-0.39, 0.29) is 46.9 Å². The van der Waals surface area contributed by atoms with E-state index in [2.05, 4.69) is 20.9 Å². The van der Waals surface area contributed by atoms with Crippen LogP contribution in [0, 0.1) is 5.82 Å². The van der Waals surface area contributed by atoms with Crippen LogP contribution in [0.1, 0.15) is 24.0 Å². The van der Waals surface area contributed by atoms with Crippen molar-refractivity contribution in [2.75, 3.05) is 19.6 Å². The molecule has 0 radical (unpaired) electrons. The molecule has 0 unspecified atom stereocenters. The van der Waals surface area contributed by atoms with Crippen LogP contribution >= 0.6 is 11.8 Å². The number of aromatic nitrogens is 1. The molecule has 6 nitrogen and oxygen atoms in total. The lowest BCUT2D eigenvalue weighted by Gasteiger charge is -2.37. The van der Waals surface area contributed by atoms with Gasteiger partial charge in [-0.05, 0) is 79.5 Å². The van der Waals surface area contributed by atoms with Crippen LogP contribution in [-0.4, -0.2) is 47.5 Å². The number of nitrogens with one attached hydrogen (secondary N) is 4. The highest BCUT2D eigenvalue weighted by Crippen LogP contribution is 2.38. The van der Waals surface area contributed by atoms with E-state index in [1.54, 1.807) is 18.3 Å². The third kappa shape index (κ3) is 6.38. The second-order valence-corrected chi connectivity index (χ2v) is 9.83. The Labute approximate surface area is 209 Å². The van der Waals surface area contributed by atoms with Gasteiger partial charge in [0.15, 0.2) is 0 Å². The van der Waals surface area contributed by atoms with Gasteiger partial charge in [0.2, 0.25) is 11.8 Å². The number of thioether (sulfide) groups is 1. The van der Waals surface area contributed by atoms with Crippen LogP contribution in [0.15, 0.2) is 53.6 Å². The summed E-state index contributed by atoms with van der Waals surface area (Å²) in [5.41, 5.74) is -3.75. The largest absolute Gasteiger partial charge is 0.446 e. The van der Waals surface area contributed by atoms with Gasteiger partial charge in [-0.25, -0.2) is 4.39 Å². The van der Waals surface area contributed by atoms with Crippen LogP contribution in [0.2, 0.25) is 0 Å². The van der Waals surface area contributed by atoms with E-state index in [4.69, 9.17) is 0 Å². The summed E-state index contributed by atoms with van der Waals surface area (Å²) >= 11 is -0.263. The Balaban J connectivity index is 1.41. The van der Waals surface area contributed by atoms with Crippen molar-refractivity contribution >= 4 is 34.5 Å². The first-order valence-corrected chi connectivity index (χ1v) is 12.4. The van der Waals surface area contributed by atoms with Gasteiger partial charge in [-0.2, -0.15) is 13.2 Å². The fourth-order valence-corrected chi connectivity index (χ4v) is 5.13. The molecule has 2 heterocycles. The van der Waals surface area contributed by atoms with Crippen molar-refractivity contribution in [3.05, 3.63) is 65.6 Å². The van der Waals surface area contributed by atoms with Gasteiger partial charge in [0.1, 0.15) is 11.4 Å². The Bertz CT molecular complexity index is 1240. The minimum Gasteiger partial charge on any atom is -0.361 e. The Morgan fingerprint density at radius 1 is 1.06 bits per heavy atom. The van der Waals surface area contributed by atoms with Gasteiger partial charge in [-0.1, -0.05) is 18.2 Å². The molecule has 2 aromatic carbocycles. The summed E-state index contributed by atoms with van der Waals surface area (Å²) in [6.07, 6.45) is 2.65. The molecule has 0 spiro atoms. The molecule has 1 aromatic heterocycles. The number of benzene rings is 2. The SMILES string of the molecule is O=C(Cc1ccccc1SC(F)(F)F)NC1(C(=O)NCCc2c[nH]c3ccc(F)cc23)CCNCC1. The lowest BCUT2D eigenvalue weighted by atomic mass is 9.86. The number of aromatic amines is 1. The maximum absolute atomic E-state index is 13.6. The topological polar surface area (TPSA) is 86.0 Å². The summed E-state index contributed by atoms with van der Waals surface area (Å²) in [7, 11) is 0. The molecule has 0 bridgehead atoms. The Hall–Kier alpha value is -3.05. The number of hydrogen-bond donors (Lipinski definition) is 4. The quantitative estimate of drug-likeness (QED) is 0.266. The number of rotatable bonds is 8. The van der Waals surface area contributed by atoms with E-state index in [9.17, 15) is 27.2 Å². The zero-order valence-corrected chi connectivity index (χ0v) is 20.1. The van der Waals surface area contributed by atoms with Crippen molar-refractivity contribution in [1.29, 1.82) is 0 Å². The summed E-state index contributed by atoms with van der Waals surface area (Å²) in [5, 5.41) is 9.59. The lowest BCUT2D eigenvalue weighted by molar-refractivity contribution is -0.134. The van der Waals surface area contributed by atoms with Crippen LogP contribution in [0.25, 0.3) is 10.9 Å². The molecular weight excluding hydrogens is 496 g/mol. The Kier molecular flexibility index (Phi) is 7.89. The van der Waals surface area contributed by atoms with Crippen molar-refractivity contribution in [2.24, 2.45) is 0 Å². The Morgan fingerprint density at radius 3 is 2.56 bits per heavy atom. The fraction of sp³-hybridized carbons (Fsp3) is 0.360. The van der Waals surface area contributed by atoms with E-state index in [0.717, 1.165) is 16.5 Å². The first kappa shape index (κ1) is 26.0. The maximum Gasteiger partial charge on any atom is 0.446 e. The molecule has 4 rings (SSSR count). The van der Waals surface area contributed by atoms with E-state index in [1.807, 2.05) is 0 Å². The van der Waals surface area contributed by atoms with Gasteiger partial charge in [-0.3, -0.25) is 9.59 Å². The highest BCUT2D eigenvalue weighted by molar-refractivity contribution is 8.00. The number of halogens is 4. The molecular formula is C25H26F4N4O2S. The smallest absolute Gasteiger partial charge is 0.361 e. The van der Waals surface area contributed by atoms with Crippen LogP contribution in [0.4, 0.5) is 17.6 Å². The third-order valence-corrected chi connectivity index (χ3v) is 7.08. The van der Waals surface area contributed by atoms with Crippen LogP contribution in [0.5, 0.6) is 0 Å². The average Bonchev–Trinajstić information content (AvgIpc) is 3.22. The van der Waals surface area contributed by atoms with Crippen LogP contribution < -0.4 is 16.0 Å². The molecule has 1 fully saturated rings. The predicted molar refractivity (Wildman–Crippen MR) is 130 cm³/mol. The van der Waals surface area contributed by atoms with E-state index in [0.29, 0.717) is 32.4 Å². The van der Waals surface area contributed by atoms with Crippen LogP contribution in [0.3, 0.4) is 0 Å². The molecule has 1 aliphatic rings. The molecule has 11 heteroatoms. The summed E-state index contributed by atoms with van der Waals surface area (Å²) in [5.74, 6) is -1.21. The second-order valence-electron chi connectivity index (χ2n) is 8.72. The number of carbonyl (C=O) groups is 2. The zero-order valence-electron chi connectivity index (χ0n) is 19.3. The average molecular weight is 523 g/mol. The summed E-state index contributed by atoms with van der Waals surface area (Å²) < 4.78 is 52.4. The monoisotopic (exact) mass is 522 g/mol. The summed E-state index contributed by atoms with van der Waals surface area (Å²) in [6.45, 7) is 1.30. The normalized spacial score (nSPS) is 15.6. The molecule has 1 aliphatic heterocycles. The second kappa shape index (κ2) is 10.9. The van der Waals surface area contributed by atoms with Crippen molar-refractivity contribution < 1.29 is 27.2 Å². The first-order valence-electron chi connectivity index (χ1n) is 11.5. The van der Waals surface area contributed by atoms with Gasteiger partial charge >= 0.3 is 5.51 Å². The van der Waals surface area contributed by atoms with Gasteiger partial charge in [0.25, 0.3) is 0 Å². The minimum absolute atomic E-state index is 0.0425. The fourth-order valence-electron chi connectivity index (χ4n) is 4.46. The highest BCUT2D eigenvalue weighted by Gasteiger charge is 2.41. The number of H-pyrrole nitrogens is 1. The molecule has 3 aromatic rings. The molecule has 4 N–H and O–H groups in total. The molecule has 0 aliphatic carbocycles. The zero-order chi connectivity index (χ0) is 25.8. The van der Waals surface area contributed by atoms with Gasteiger partial charge in [0, 0.05) is 28.5 Å². The van der Waals surface area contributed by atoms with E-state index in [1.165, 1.54) is 30.3 Å². The highest BCUT2D eigenvalue weighted by atomic mass is 32.2. The number of fused-ring (bicyclic) bond motifs is 1. The number of hydrogen-bond acceptors (Lipinski definition) is 4. The number of piperidine rings is 1. The van der Waals surface area contributed by atoms with Gasteiger partial charge in [-0.15, -0.1) is 0 Å². The van der Waals surface area contributed by atoms with Gasteiger partial charge in [0.05, 0.1) is 6.42 Å². The van der Waals surface area contributed by atoms with Crippen molar-refractivity contribution in [3.63, 3.8) is 0 Å². The summed E-state index contributed by atoms with van der Waals surface area (Å²) in [6, 6.07) is 10.3. The molecule has 36 heavy (non-hydrogen) atoms. The van der Waals surface area contributed by atoms with Crippen molar-refractivity contribution in [2.45, 2.75) is 41.6 Å². The minimum atomic E-state index is -4.47. The third-order valence-electron chi connectivity index (χ3n) is 6.23. The number of amides is 2. The van der Waals surface area contributed by atoms with E-state index >= 15 is 0 Å². The molecule has 1 saturated heterocycles. The predicted octanol–water partition coefficient (Wildman–Crippen LogP) is 4.06. The van der Waals surface area contributed by atoms with Crippen molar-refractivity contribution in [3.8, 4) is 0 Å². The molecule has 192 valence electrons. The molecule has 2 amide bonds. The van der Waals surface area contributed by atoms with Crippen molar-refractivity contribution in [1.82, 2.24) is 20.9 Å². The maximum atomic E-state index is 13.6. The number of carbonyl (C=O) groups excluding carboxylic acids is 2. The van der Waals surface area contributed by atoms with E-state index < -0.39 is 17.0 Å². The molecule has 0 atom stereocenters. The van der Waals surface area contributed by atoms with Crippen LogP contribution in [-0.2, 0) is 22.4 Å². The number of alkyl halides is 3. The molecule has 0 saturated carbocycles. The summed E-state index contributed by atoms with van der Waals surface area (Å²) in [4.78, 5) is 29.2. The van der Waals surface area contributed by atoms with Gasteiger partial charge < -0.3 is 20.9 Å².